The lowest BCUT2D eigenvalue weighted by atomic mass is 10.2. The summed E-state index contributed by atoms with van der Waals surface area (Å²) in [5.74, 6) is 0. The van der Waals surface area contributed by atoms with Crippen molar-refractivity contribution in [1.82, 2.24) is 10.2 Å². The molecule has 0 spiro atoms. The summed E-state index contributed by atoms with van der Waals surface area (Å²) in [5, 5.41) is 3.30. The molecule has 0 bridgehead atoms. The van der Waals surface area contributed by atoms with Crippen LogP contribution in [0.4, 0.5) is 5.69 Å². The van der Waals surface area contributed by atoms with Gasteiger partial charge in [0.05, 0.1) is 0 Å². The van der Waals surface area contributed by atoms with Gasteiger partial charge in [0.2, 0.25) is 0 Å². The second-order valence-corrected chi connectivity index (χ2v) is 5.14. The Bertz CT molecular complexity index is 331. The SMILES string of the molecule is CNC(C)CCN1CCN(c2ccccc2)CC1. The van der Waals surface area contributed by atoms with Crippen molar-refractivity contribution in [1.29, 1.82) is 0 Å². The van der Waals surface area contributed by atoms with E-state index in [9.17, 15) is 0 Å². The molecule has 1 aliphatic rings. The molecule has 0 saturated carbocycles. The predicted octanol–water partition coefficient (Wildman–Crippen LogP) is 1.81. The fraction of sp³-hybridized carbons (Fsp3) is 0.600. The van der Waals surface area contributed by atoms with Crippen LogP contribution in [0.3, 0.4) is 0 Å². The summed E-state index contributed by atoms with van der Waals surface area (Å²) in [4.78, 5) is 5.06. The van der Waals surface area contributed by atoms with E-state index in [4.69, 9.17) is 0 Å². The molecule has 1 heterocycles. The van der Waals surface area contributed by atoms with E-state index in [1.807, 2.05) is 7.05 Å². The fourth-order valence-corrected chi connectivity index (χ4v) is 2.39. The Kier molecular flexibility index (Phi) is 5.02. The van der Waals surface area contributed by atoms with Gasteiger partial charge in [-0.25, -0.2) is 0 Å². The third kappa shape index (κ3) is 3.72. The zero-order chi connectivity index (χ0) is 12.8. The molecule has 3 heteroatoms. The molecule has 0 aromatic heterocycles. The third-order valence-corrected chi connectivity index (χ3v) is 3.86. The summed E-state index contributed by atoms with van der Waals surface area (Å²) in [6, 6.07) is 11.4. The molecule has 0 aliphatic carbocycles. The first-order valence-corrected chi connectivity index (χ1v) is 6.99. The van der Waals surface area contributed by atoms with Gasteiger partial charge in [0.25, 0.3) is 0 Å². The molecule has 2 rings (SSSR count). The molecule has 100 valence electrons. The average molecular weight is 247 g/mol. The molecule has 0 radical (unpaired) electrons. The minimum absolute atomic E-state index is 0.622. The van der Waals surface area contributed by atoms with Gasteiger partial charge in [-0.1, -0.05) is 18.2 Å². The highest BCUT2D eigenvalue weighted by molar-refractivity contribution is 5.46. The molecule has 1 saturated heterocycles. The van der Waals surface area contributed by atoms with Crippen LogP contribution in [-0.4, -0.2) is 50.7 Å². The summed E-state index contributed by atoms with van der Waals surface area (Å²) in [6.07, 6.45) is 1.24. The van der Waals surface area contributed by atoms with Gasteiger partial charge in [-0.15, -0.1) is 0 Å². The number of nitrogens with zero attached hydrogens (tertiary/aromatic N) is 2. The summed E-state index contributed by atoms with van der Waals surface area (Å²) >= 11 is 0. The number of rotatable bonds is 5. The van der Waals surface area contributed by atoms with E-state index >= 15 is 0 Å². The van der Waals surface area contributed by atoms with E-state index in [2.05, 4.69) is 52.4 Å². The maximum atomic E-state index is 3.30. The van der Waals surface area contributed by atoms with Crippen molar-refractivity contribution in [2.45, 2.75) is 19.4 Å². The summed E-state index contributed by atoms with van der Waals surface area (Å²) in [5.41, 5.74) is 1.36. The molecule has 1 aromatic rings. The molecule has 18 heavy (non-hydrogen) atoms. The number of piperazine rings is 1. The largest absolute Gasteiger partial charge is 0.369 e. The smallest absolute Gasteiger partial charge is 0.0367 e. The van der Waals surface area contributed by atoms with Crippen LogP contribution in [0.5, 0.6) is 0 Å². The molecule has 1 N–H and O–H groups in total. The number of nitrogens with one attached hydrogen (secondary N) is 1. The average Bonchev–Trinajstić information content (AvgIpc) is 2.46. The lowest BCUT2D eigenvalue weighted by Gasteiger charge is -2.36. The molecule has 1 unspecified atom stereocenters. The Labute approximate surface area is 111 Å². The second-order valence-electron chi connectivity index (χ2n) is 5.14. The van der Waals surface area contributed by atoms with Crippen molar-refractivity contribution in [3.63, 3.8) is 0 Å². The number of anilines is 1. The molecule has 1 atom stereocenters. The van der Waals surface area contributed by atoms with Gasteiger partial charge in [0, 0.05) is 37.9 Å². The van der Waals surface area contributed by atoms with Gasteiger partial charge in [-0.05, 0) is 39.1 Å². The van der Waals surface area contributed by atoms with E-state index in [-0.39, 0.29) is 0 Å². The van der Waals surface area contributed by atoms with Gasteiger partial charge >= 0.3 is 0 Å². The van der Waals surface area contributed by atoms with Crippen LogP contribution in [0.1, 0.15) is 13.3 Å². The Balaban J connectivity index is 1.75. The fourth-order valence-electron chi connectivity index (χ4n) is 2.39. The zero-order valence-corrected chi connectivity index (χ0v) is 11.6. The maximum absolute atomic E-state index is 3.30. The number of hydrogen-bond acceptors (Lipinski definition) is 3. The first-order valence-electron chi connectivity index (χ1n) is 6.99. The van der Waals surface area contributed by atoms with Crippen LogP contribution < -0.4 is 10.2 Å². The van der Waals surface area contributed by atoms with Crippen molar-refractivity contribution in [3.05, 3.63) is 30.3 Å². The van der Waals surface area contributed by atoms with Crippen LogP contribution in [0.2, 0.25) is 0 Å². The normalized spacial score (nSPS) is 18.9. The third-order valence-electron chi connectivity index (χ3n) is 3.86. The first-order chi connectivity index (χ1) is 8.79. The van der Waals surface area contributed by atoms with Crippen molar-refractivity contribution in [3.8, 4) is 0 Å². The molecular weight excluding hydrogens is 222 g/mol. The van der Waals surface area contributed by atoms with Gasteiger partial charge in [-0.3, -0.25) is 4.90 Å². The first kappa shape index (κ1) is 13.4. The van der Waals surface area contributed by atoms with Crippen LogP contribution in [0.25, 0.3) is 0 Å². The Hall–Kier alpha value is -1.06. The minimum Gasteiger partial charge on any atom is -0.369 e. The number of hydrogen-bond donors (Lipinski definition) is 1. The van der Waals surface area contributed by atoms with Gasteiger partial charge in [0.15, 0.2) is 0 Å². The van der Waals surface area contributed by atoms with E-state index < -0.39 is 0 Å². The molecule has 1 fully saturated rings. The maximum Gasteiger partial charge on any atom is 0.0367 e. The van der Waals surface area contributed by atoms with Crippen LogP contribution >= 0.6 is 0 Å². The van der Waals surface area contributed by atoms with Crippen LogP contribution in [0.15, 0.2) is 30.3 Å². The molecule has 0 amide bonds. The Morgan fingerprint density at radius 1 is 1.11 bits per heavy atom. The van der Waals surface area contributed by atoms with Crippen LogP contribution in [-0.2, 0) is 0 Å². The summed E-state index contributed by atoms with van der Waals surface area (Å²) < 4.78 is 0. The van der Waals surface area contributed by atoms with Crippen molar-refractivity contribution in [2.24, 2.45) is 0 Å². The Morgan fingerprint density at radius 2 is 1.78 bits per heavy atom. The minimum atomic E-state index is 0.622. The van der Waals surface area contributed by atoms with E-state index in [1.54, 1.807) is 0 Å². The van der Waals surface area contributed by atoms with Crippen molar-refractivity contribution in [2.75, 3.05) is 44.7 Å². The highest BCUT2D eigenvalue weighted by Gasteiger charge is 2.16. The lowest BCUT2D eigenvalue weighted by molar-refractivity contribution is 0.246. The molecule has 1 aromatic carbocycles. The van der Waals surface area contributed by atoms with Gasteiger partial charge in [0.1, 0.15) is 0 Å². The summed E-state index contributed by atoms with van der Waals surface area (Å²) in [7, 11) is 2.04. The highest BCUT2D eigenvalue weighted by Crippen LogP contribution is 2.15. The Morgan fingerprint density at radius 3 is 2.39 bits per heavy atom. The quantitative estimate of drug-likeness (QED) is 0.856. The number of para-hydroxylation sites is 1. The second kappa shape index (κ2) is 6.76. The van der Waals surface area contributed by atoms with Crippen LogP contribution in [0, 0.1) is 0 Å². The monoisotopic (exact) mass is 247 g/mol. The van der Waals surface area contributed by atoms with Gasteiger partial charge in [-0.2, -0.15) is 0 Å². The van der Waals surface area contributed by atoms with Gasteiger partial charge < -0.3 is 10.2 Å². The van der Waals surface area contributed by atoms with E-state index in [0.29, 0.717) is 6.04 Å². The molecule has 3 nitrogen and oxygen atoms in total. The van der Waals surface area contributed by atoms with Crippen molar-refractivity contribution >= 4 is 5.69 Å². The molecule has 1 aliphatic heterocycles. The highest BCUT2D eigenvalue weighted by atomic mass is 15.3. The topological polar surface area (TPSA) is 18.5 Å². The van der Waals surface area contributed by atoms with Crippen molar-refractivity contribution < 1.29 is 0 Å². The zero-order valence-electron chi connectivity index (χ0n) is 11.6. The lowest BCUT2D eigenvalue weighted by Crippen LogP contribution is -2.47. The van der Waals surface area contributed by atoms with E-state index in [1.165, 1.54) is 31.7 Å². The predicted molar refractivity (Wildman–Crippen MR) is 78.2 cm³/mol. The number of benzene rings is 1. The summed E-state index contributed by atoms with van der Waals surface area (Å²) in [6.45, 7) is 8.14. The van der Waals surface area contributed by atoms with E-state index in [0.717, 1.165) is 13.1 Å². The standard InChI is InChI=1S/C15H25N3/c1-14(16-2)8-9-17-10-12-18(13-11-17)15-6-4-3-5-7-15/h3-7,14,16H,8-13H2,1-2H3. The molecular formula is C15H25N3.